The van der Waals surface area contributed by atoms with E-state index in [4.69, 9.17) is 4.74 Å². The van der Waals surface area contributed by atoms with Gasteiger partial charge in [-0.2, -0.15) is 10.2 Å². The predicted molar refractivity (Wildman–Crippen MR) is 52.1 cm³/mol. The monoisotopic (exact) mass is 194 g/mol. The van der Waals surface area contributed by atoms with Crippen molar-refractivity contribution in [1.82, 2.24) is 10.2 Å². The molecule has 0 spiro atoms. The van der Waals surface area contributed by atoms with Gasteiger partial charge in [-0.3, -0.25) is 0 Å². The average molecular weight is 194 g/mol. The molecule has 0 atom stereocenters. The molecule has 0 radical (unpaired) electrons. The highest BCUT2D eigenvalue weighted by Crippen LogP contribution is 2.08. The molecular formula is C10H14N2O2. The minimum Gasteiger partial charge on any atom is -0.462 e. The van der Waals surface area contributed by atoms with E-state index >= 15 is 0 Å². The highest BCUT2D eigenvalue weighted by molar-refractivity contribution is 5.90. The first-order valence-electron chi connectivity index (χ1n) is 4.69. The molecule has 1 rings (SSSR count). The molecule has 0 aromatic carbocycles. The summed E-state index contributed by atoms with van der Waals surface area (Å²) in [5.74, 6) is -0.317. The lowest BCUT2D eigenvalue weighted by Crippen LogP contribution is -2.10. The number of rotatable bonds is 3. The molecule has 0 saturated carbocycles. The second kappa shape index (κ2) is 4.69. The minimum atomic E-state index is -0.317. The van der Waals surface area contributed by atoms with Gasteiger partial charge in [-0.15, -0.1) is 0 Å². The lowest BCUT2D eigenvalue weighted by molar-refractivity contribution is 0.0524. The van der Waals surface area contributed by atoms with E-state index in [1.807, 2.05) is 6.92 Å². The van der Waals surface area contributed by atoms with Crippen LogP contribution in [0.3, 0.4) is 0 Å². The molecule has 0 fully saturated rings. The van der Waals surface area contributed by atoms with Crippen molar-refractivity contribution in [3.05, 3.63) is 23.0 Å². The van der Waals surface area contributed by atoms with Crippen molar-refractivity contribution in [3.63, 3.8) is 0 Å². The van der Waals surface area contributed by atoms with Gasteiger partial charge in [0.05, 0.1) is 23.6 Å². The summed E-state index contributed by atoms with van der Waals surface area (Å²) in [7, 11) is 0. The lowest BCUT2D eigenvalue weighted by atomic mass is 10.1. The van der Waals surface area contributed by atoms with E-state index in [1.54, 1.807) is 19.9 Å². The van der Waals surface area contributed by atoms with Crippen molar-refractivity contribution in [3.8, 4) is 0 Å². The molecule has 0 saturated heterocycles. The average Bonchev–Trinajstić information content (AvgIpc) is 2.18. The smallest absolute Gasteiger partial charge is 0.340 e. The fraction of sp³-hybridized carbons (Fsp3) is 0.500. The Balaban J connectivity index is 3.03. The Labute approximate surface area is 83.3 Å². The highest BCUT2D eigenvalue weighted by Gasteiger charge is 2.13. The van der Waals surface area contributed by atoms with E-state index in [2.05, 4.69) is 10.2 Å². The van der Waals surface area contributed by atoms with E-state index in [0.29, 0.717) is 24.3 Å². The Morgan fingerprint density at radius 2 is 2.14 bits per heavy atom. The molecule has 0 unspecified atom stereocenters. The third-order valence-electron chi connectivity index (χ3n) is 1.82. The predicted octanol–water partition coefficient (Wildman–Crippen LogP) is 1.52. The number of ether oxygens (including phenoxy) is 1. The second-order valence-electron chi connectivity index (χ2n) is 2.92. The van der Waals surface area contributed by atoms with Crippen LogP contribution in [0.5, 0.6) is 0 Å². The van der Waals surface area contributed by atoms with Crippen LogP contribution in [0.15, 0.2) is 6.07 Å². The number of aryl methyl sites for hydroxylation is 2. The van der Waals surface area contributed by atoms with Crippen molar-refractivity contribution >= 4 is 5.97 Å². The number of hydrogen-bond donors (Lipinski definition) is 0. The van der Waals surface area contributed by atoms with Crippen LogP contribution in [-0.4, -0.2) is 22.8 Å². The molecule has 1 aromatic rings. The van der Waals surface area contributed by atoms with Crippen LogP contribution in [0.2, 0.25) is 0 Å². The van der Waals surface area contributed by atoms with Crippen molar-refractivity contribution < 1.29 is 9.53 Å². The topological polar surface area (TPSA) is 52.1 Å². The Morgan fingerprint density at radius 3 is 2.71 bits per heavy atom. The maximum absolute atomic E-state index is 11.5. The molecule has 0 bridgehead atoms. The zero-order chi connectivity index (χ0) is 10.6. The third-order valence-corrected chi connectivity index (χ3v) is 1.82. The minimum absolute atomic E-state index is 0.317. The van der Waals surface area contributed by atoms with Crippen LogP contribution < -0.4 is 0 Å². The molecule has 4 nitrogen and oxygen atoms in total. The maximum atomic E-state index is 11.5. The van der Waals surface area contributed by atoms with Crippen molar-refractivity contribution in [2.24, 2.45) is 0 Å². The first kappa shape index (κ1) is 10.6. The molecular weight excluding hydrogens is 180 g/mol. The van der Waals surface area contributed by atoms with E-state index < -0.39 is 0 Å². The van der Waals surface area contributed by atoms with Crippen LogP contribution in [0.1, 0.15) is 35.6 Å². The van der Waals surface area contributed by atoms with Gasteiger partial charge in [-0.1, -0.05) is 6.92 Å². The quantitative estimate of drug-likeness (QED) is 0.684. The second-order valence-corrected chi connectivity index (χ2v) is 2.92. The maximum Gasteiger partial charge on any atom is 0.340 e. The summed E-state index contributed by atoms with van der Waals surface area (Å²) in [5.41, 5.74) is 1.95. The Kier molecular flexibility index (Phi) is 3.56. The van der Waals surface area contributed by atoms with E-state index in [9.17, 15) is 4.79 Å². The highest BCUT2D eigenvalue weighted by atomic mass is 16.5. The van der Waals surface area contributed by atoms with Gasteiger partial charge >= 0.3 is 5.97 Å². The first-order valence-corrected chi connectivity index (χ1v) is 4.69. The van der Waals surface area contributed by atoms with Crippen LogP contribution in [0.25, 0.3) is 0 Å². The van der Waals surface area contributed by atoms with Gasteiger partial charge in [0.15, 0.2) is 0 Å². The largest absolute Gasteiger partial charge is 0.462 e. The molecule has 0 amide bonds. The molecule has 0 N–H and O–H groups in total. The number of carbonyl (C=O) groups excluding carboxylic acids is 1. The van der Waals surface area contributed by atoms with Crippen LogP contribution in [-0.2, 0) is 11.2 Å². The van der Waals surface area contributed by atoms with Crippen LogP contribution in [0, 0.1) is 6.92 Å². The molecule has 14 heavy (non-hydrogen) atoms. The number of esters is 1. The van der Waals surface area contributed by atoms with E-state index in [-0.39, 0.29) is 5.97 Å². The summed E-state index contributed by atoms with van der Waals surface area (Å²) in [6.45, 7) is 5.89. The normalized spacial score (nSPS) is 9.93. The summed E-state index contributed by atoms with van der Waals surface area (Å²) >= 11 is 0. The van der Waals surface area contributed by atoms with Crippen molar-refractivity contribution in [2.45, 2.75) is 27.2 Å². The van der Waals surface area contributed by atoms with Crippen LogP contribution >= 0.6 is 0 Å². The van der Waals surface area contributed by atoms with Crippen LogP contribution in [0.4, 0.5) is 0 Å². The molecule has 0 aliphatic carbocycles. The number of carbonyl (C=O) groups is 1. The summed E-state index contributed by atoms with van der Waals surface area (Å²) < 4.78 is 4.92. The fourth-order valence-electron chi connectivity index (χ4n) is 1.16. The number of hydrogen-bond acceptors (Lipinski definition) is 4. The molecule has 1 heterocycles. The number of nitrogens with zero attached hydrogens (tertiary/aromatic N) is 2. The standard InChI is InChI=1S/C10H14N2O2/c1-4-9-8(10(13)14-5-2)6-7(3)11-12-9/h6H,4-5H2,1-3H3. The number of aromatic nitrogens is 2. The SMILES string of the molecule is CCOC(=O)c1cc(C)nnc1CC. The molecule has 76 valence electrons. The van der Waals surface area contributed by atoms with Gasteiger partial charge in [0.25, 0.3) is 0 Å². The first-order chi connectivity index (χ1) is 6.69. The van der Waals surface area contributed by atoms with Gasteiger partial charge in [0.1, 0.15) is 0 Å². The van der Waals surface area contributed by atoms with Gasteiger partial charge in [-0.05, 0) is 26.3 Å². The van der Waals surface area contributed by atoms with Gasteiger partial charge in [0.2, 0.25) is 0 Å². The zero-order valence-electron chi connectivity index (χ0n) is 8.70. The summed E-state index contributed by atoms with van der Waals surface area (Å²) in [4.78, 5) is 11.5. The Morgan fingerprint density at radius 1 is 1.43 bits per heavy atom. The van der Waals surface area contributed by atoms with Gasteiger partial charge < -0.3 is 4.74 Å². The molecule has 0 aliphatic rings. The summed E-state index contributed by atoms with van der Waals surface area (Å²) in [6.07, 6.45) is 0.682. The van der Waals surface area contributed by atoms with E-state index in [1.165, 1.54) is 0 Å². The molecule has 4 heteroatoms. The Hall–Kier alpha value is -1.45. The van der Waals surface area contributed by atoms with Crippen molar-refractivity contribution in [1.29, 1.82) is 0 Å². The summed E-state index contributed by atoms with van der Waals surface area (Å²) in [5, 5.41) is 7.84. The van der Waals surface area contributed by atoms with Gasteiger partial charge in [-0.25, -0.2) is 4.79 Å². The van der Waals surface area contributed by atoms with Crippen molar-refractivity contribution in [2.75, 3.05) is 6.61 Å². The van der Waals surface area contributed by atoms with Gasteiger partial charge in [0, 0.05) is 0 Å². The lowest BCUT2D eigenvalue weighted by Gasteiger charge is -2.05. The Bertz CT molecular complexity index is 337. The molecule has 1 aromatic heterocycles. The van der Waals surface area contributed by atoms with E-state index in [0.717, 1.165) is 5.69 Å². The molecule has 0 aliphatic heterocycles. The fourth-order valence-corrected chi connectivity index (χ4v) is 1.16. The third kappa shape index (κ3) is 2.28. The summed E-state index contributed by atoms with van der Waals surface area (Å²) in [6, 6.07) is 1.71. The zero-order valence-corrected chi connectivity index (χ0v) is 8.70.